The fraction of sp³-hybridized carbons (Fsp3) is 1.00. The predicted octanol–water partition coefficient (Wildman–Crippen LogP) is 2.61. The summed E-state index contributed by atoms with van der Waals surface area (Å²) in [7, 11) is -3.05. The first-order valence-corrected chi connectivity index (χ1v) is 9.02. The van der Waals surface area contributed by atoms with Crippen LogP contribution < -0.4 is 5.32 Å². The first-order chi connectivity index (χ1) is 8.20. The molecule has 0 heterocycles. The van der Waals surface area contributed by atoms with Gasteiger partial charge in [0.25, 0.3) is 0 Å². The van der Waals surface area contributed by atoms with Crippen molar-refractivity contribution in [2.75, 3.05) is 12.8 Å². The van der Waals surface area contributed by atoms with E-state index in [1.165, 1.54) is 19.1 Å². The molecule has 0 aromatic heterocycles. The molecule has 1 aliphatic rings. The molecule has 1 saturated carbocycles. The fourth-order valence-electron chi connectivity index (χ4n) is 3.21. The fourth-order valence-corrected chi connectivity index (χ4v) is 3.95. The lowest BCUT2D eigenvalue weighted by Crippen LogP contribution is -2.56. The van der Waals surface area contributed by atoms with Gasteiger partial charge >= 0.3 is 0 Å². The van der Waals surface area contributed by atoms with E-state index in [0.717, 1.165) is 25.3 Å². The van der Waals surface area contributed by atoms with Gasteiger partial charge in [-0.15, -0.1) is 0 Å². The molecule has 18 heavy (non-hydrogen) atoms. The number of hydrogen-bond acceptors (Lipinski definition) is 3. The summed E-state index contributed by atoms with van der Waals surface area (Å²) in [5.74, 6) is 1.21. The molecule has 0 amide bonds. The Morgan fingerprint density at radius 1 is 1.33 bits per heavy atom. The van der Waals surface area contributed by atoms with E-state index in [9.17, 15) is 8.42 Å². The van der Waals surface area contributed by atoms with Gasteiger partial charge in [0.05, 0.1) is 4.75 Å². The number of sulfone groups is 1. The van der Waals surface area contributed by atoms with Crippen LogP contribution >= 0.6 is 0 Å². The first kappa shape index (κ1) is 16.0. The SMILES string of the molecule is CCNC(C1CCCC(C)C1)C(C)(C)S(C)(=O)=O. The van der Waals surface area contributed by atoms with Crippen LogP contribution in [0.4, 0.5) is 0 Å². The molecule has 1 aliphatic carbocycles. The monoisotopic (exact) mass is 275 g/mol. The van der Waals surface area contributed by atoms with Crippen LogP contribution in [0.5, 0.6) is 0 Å². The van der Waals surface area contributed by atoms with Crippen LogP contribution in [0, 0.1) is 11.8 Å². The smallest absolute Gasteiger partial charge is 0.154 e. The highest BCUT2D eigenvalue weighted by molar-refractivity contribution is 7.92. The third-order valence-corrected chi connectivity index (χ3v) is 6.74. The summed E-state index contributed by atoms with van der Waals surface area (Å²) >= 11 is 0. The second-order valence-corrected chi connectivity index (χ2v) is 9.04. The van der Waals surface area contributed by atoms with Crippen molar-refractivity contribution in [1.29, 1.82) is 0 Å². The molecule has 0 aliphatic heterocycles. The highest BCUT2D eigenvalue weighted by Crippen LogP contribution is 2.36. The Kier molecular flexibility index (Phi) is 5.24. The minimum atomic E-state index is -3.05. The molecular weight excluding hydrogens is 246 g/mol. The standard InChI is InChI=1S/C14H29NO2S/c1-6-15-13(14(3,4)18(5,16)17)12-9-7-8-11(2)10-12/h11-13,15H,6-10H2,1-5H3. The summed E-state index contributed by atoms with van der Waals surface area (Å²) in [5, 5.41) is 3.44. The highest BCUT2D eigenvalue weighted by Gasteiger charge is 2.43. The highest BCUT2D eigenvalue weighted by atomic mass is 32.2. The van der Waals surface area contributed by atoms with Gasteiger partial charge in [-0.2, -0.15) is 0 Å². The van der Waals surface area contributed by atoms with Crippen LogP contribution in [-0.2, 0) is 9.84 Å². The third-order valence-electron chi connectivity index (χ3n) is 4.58. The van der Waals surface area contributed by atoms with E-state index in [4.69, 9.17) is 0 Å². The second-order valence-electron chi connectivity index (χ2n) is 6.44. The third kappa shape index (κ3) is 3.47. The predicted molar refractivity (Wildman–Crippen MR) is 77.5 cm³/mol. The van der Waals surface area contributed by atoms with Gasteiger partial charge in [0, 0.05) is 12.3 Å². The molecule has 0 spiro atoms. The zero-order valence-corrected chi connectivity index (χ0v) is 13.3. The van der Waals surface area contributed by atoms with Crippen molar-refractivity contribution >= 4 is 9.84 Å². The molecule has 1 rings (SSSR count). The van der Waals surface area contributed by atoms with E-state index in [-0.39, 0.29) is 6.04 Å². The lowest BCUT2D eigenvalue weighted by molar-refractivity contribution is 0.198. The summed E-state index contributed by atoms with van der Waals surface area (Å²) in [6.45, 7) is 8.90. The van der Waals surface area contributed by atoms with Crippen molar-refractivity contribution in [3.05, 3.63) is 0 Å². The molecule has 108 valence electrons. The van der Waals surface area contributed by atoms with Crippen molar-refractivity contribution in [3.63, 3.8) is 0 Å². The minimum absolute atomic E-state index is 0.0697. The van der Waals surface area contributed by atoms with Crippen LogP contribution in [0.25, 0.3) is 0 Å². The van der Waals surface area contributed by atoms with Crippen LogP contribution in [0.3, 0.4) is 0 Å². The van der Waals surface area contributed by atoms with Gasteiger partial charge in [-0.25, -0.2) is 8.42 Å². The lowest BCUT2D eigenvalue weighted by Gasteiger charge is -2.41. The molecular formula is C14H29NO2S. The number of hydrogen-bond donors (Lipinski definition) is 1. The Balaban J connectivity index is 2.94. The van der Waals surface area contributed by atoms with Gasteiger partial charge in [0.1, 0.15) is 0 Å². The normalized spacial score (nSPS) is 28.1. The molecule has 3 atom stereocenters. The van der Waals surface area contributed by atoms with Crippen molar-refractivity contribution in [1.82, 2.24) is 5.32 Å². The molecule has 1 N–H and O–H groups in total. The molecule has 3 unspecified atom stereocenters. The van der Waals surface area contributed by atoms with E-state index in [1.54, 1.807) is 0 Å². The number of nitrogens with one attached hydrogen (secondary N) is 1. The van der Waals surface area contributed by atoms with Gasteiger partial charge in [0.15, 0.2) is 9.84 Å². The van der Waals surface area contributed by atoms with E-state index >= 15 is 0 Å². The Bertz CT molecular complexity index is 362. The molecule has 0 radical (unpaired) electrons. The molecule has 3 nitrogen and oxygen atoms in total. The van der Waals surface area contributed by atoms with Crippen molar-refractivity contribution < 1.29 is 8.42 Å². The topological polar surface area (TPSA) is 46.2 Å². The first-order valence-electron chi connectivity index (χ1n) is 7.13. The molecule has 0 bridgehead atoms. The largest absolute Gasteiger partial charge is 0.312 e. The van der Waals surface area contributed by atoms with Gasteiger partial charge in [0.2, 0.25) is 0 Å². The maximum atomic E-state index is 12.1. The maximum Gasteiger partial charge on any atom is 0.154 e. The Labute approximate surface area is 113 Å². The summed E-state index contributed by atoms with van der Waals surface area (Å²) < 4.78 is 23.4. The van der Waals surface area contributed by atoms with Gasteiger partial charge in [-0.3, -0.25) is 0 Å². The van der Waals surface area contributed by atoms with Gasteiger partial charge in [-0.1, -0.05) is 26.7 Å². The molecule has 0 saturated heterocycles. The van der Waals surface area contributed by atoms with E-state index in [0.29, 0.717) is 5.92 Å². The molecule has 0 aromatic carbocycles. The zero-order valence-electron chi connectivity index (χ0n) is 12.5. The Hall–Kier alpha value is -0.0900. The van der Waals surface area contributed by atoms with E-state index in [2.05, 4.69) is 19.2 Å². The van der Waals surface area contributed by atoms with Crippen molar-refractivity contribution in [3.8, 4) is 0 Å². The van der Waals surface area contributed by atoms with Gasteiger partial charge < -0.3 is 5.32 Å². The zero-order chi connectivity index (χ0) is 14.0. The van der Waals surface area contributed by atoms with Crippen molar-refractivity contribution in [2.24, 2.45) is 11.8 Å². The number of rotatable bonds is 5. The van der Waals surface area contributed by atoms with Crippen LogP contribution in [0.2, 0.25) is 0 Å². The lowest BCUT2D eigenvalue weighted by atomic mass is 9.75. The summed E-state index contributed by atoms with van der Waals surface area (Å²) in [6, 6.07) is 0.0697. The Morgan fingerprint density at radius 3 is 2.39 bits per heavy atom. The Morgan fingerprint density at radius 2 is 1.94 bits per heavy atom. The average Bonchev–Trinajstić information content (AvgIpc) is 2.24. The van der Waals surface area contributed by atoms with Crippen molar-refractivity contribution in [2.45, 2.75) is 64.2 Å². The summed E-state index contributed by atoms with van der Waals surface area (Å²) in [6.07, 6.45) is 6.18. The summed E-state index contributed by atoms with van der Waals surface area (Å²) in [5.41, 5.74) is 0. The van der Waals surface area contributed by atoms with E-state index < -0.39 is 14.6 Å². The molecule has 1 fully saturated rings. The van der Waals surface area contributed by atoms with Crippen LogP contribution in [0.1, 0.15) is 53.4 Å². The molecule has 0 aromatic rings. The second kappa shape index (κ2) is 5.91. The van der Waals surface area contributed by atoms with E-state index in [1.807, 2.05) is 13.8 Å². The summed E-state index contributed by atoms with van der Waals surface area (Å²) in [4.78, 5) is 0. The average molecular weight is 275 g/mol. The van der Waals surface area contributed by atoms with Gasteiger partial charge in [-0.05, 0) is 45.1 Å². The van der Waals surface area contributed by atoms with Crippen LogP contribution in [0.15, 0.2) is 0 Å². The van der Waals surface area contributed by atoms with Crippen LogP contribution in [-0.4, -0.2) is 32.0 Å². The minimum Gasteiger partial charge on any atom is -0.312 e. The quantitative estimate of drug-likeness (QED) is 0.839. The molecule has 4 heteroatoms. The maximum absolute atomic E-state index is 12.1.